The van der Waals surface area contributed by atoms with E-state index in [1.54, 1.807) is 23.5 Å². The van der Waals surface area contributed by atoms with Gasteiger partial charge < -0.3 is 0 Å². The fourth-order valence-electron chi connectivity index (χ4n) is 1.41. The van der Waals surface area contributed by atoms with Crippen LogP contribution in [-0.4, -0.2) is 15.0 Å². The Bertz CT molecular complexity index is 714. The minimum absolute atomic E-state index is 0.119. The summed E-state index contributed by atoms with van der Waals surface area (Å²) in [6.45, 7) is 0. The summed E-state index contributed by atoms with van der Waals surface area (Å²) >= 11 is 3.65. The Morgan fingerprint density at radius 3 is 2.22 bits per heavy atom. The average Bonchev–Trinajstić information content (AvgIpc) is 2.93. The SMILES string of the molecule is C[Se]c1cc2sc(C(C#N)=C(C#N)C#N)cc2s1. The van der Waals surface area contributed by atoms with Gasteiger partial charge in [-0.05, 0) is 0 Å². The van der Waals surface area contributed by atoms with Crippen LogP contribution in [-0.2, 0) is 0 Å². The first-order valence-corrected chi connectivity index (χ1v) is 8.96. The fraction of sp³-hybridized carbons (Fsp3) is 0.0833. The number of hydrogen-bond donors (Lipinski definition) is 0. The van der Waals surface area contributed by atoms with Crippen LogP contribution >= 0.6 is 22.7 Å². The molecule has 0 N–H and O–H groups in total. The van der Waals surface area contributed by atoms with Crippen molar-refractivity contribution in [3.63, 3.8) is 0 Å². The number of hydrogen-bond acceptors (Lipinski definition) is 5. The number of rotatable bonds is 2. The molecule has 0 amide bonds. The van der Waals surface area contributed by atoms with Crippen molar-refractivity contribution in [3.05, 3.63) is 22.6 Å². The third kappa shape index (κ3) is 2.18. The van der Waals surface area contributed by atoms with Crippen molar-refractivity contribution in [1.29, 1.82) is 15.8 Å². The summed E-state index contributed by atoms with van der Waals surface area (Å²) in [7, 11) is 0. The van der Waals surface area contributed by atoms with Crippen LogP contribution in [0.25, 0.3) is 15.0 Å². The zero-order chi connectivity index (χ0) is 13.1. The number of fused-ring (bicyclic) bond motifs is 1. The summed E-state index contributed by atoms with van der Waals surface area (Å²) in [5.41, 5.74) is 0.0586. The molecule has 0 saturated heterocycles. The summed E-state index contributed by atoms with van der Waals surface area (Å²) in [5.74, 6) is 2.16. The van der Waals surface area contributed by atoms with Crippen LogP contribution in [0.15, 0.2) is 17.7 Å². The molecule has 0 saturated carbocycles. The second-order valence-corrected chi connectivity index (χ2v) is 7.72. The molecule has 0 aliphatic heterocycles. The van der Waals surface area contributed by atoms with E-state index in [2.05, 4.69) is 11.9 Å². The molecule has 0 aliphatic carbocycles. The first kappa shape index (κ1) is 12.8. The molecule has 18 heavy (non-hydrogen) atoms. The Hall–Kier alpha value is -1.61. The maximum absolute atomic E-state index is 9.08. The summed E-state index contributed by atoms with van der Waals surface area (Å²) in [6.07, 6.45) is 0. The van der Waals surface area contributed by atoms with E-state index in [9.17, 15) is 0 Å². The molecule has 0 radical (unpaired) electrons. The van der Waals surface area contributed by atoms with Gasteiger partial charge in [-0.15, -0.1) is 0 Å². The molecule has 86 valence electrons. The van der Waals surface area contributed by atoms with Crippen molar-refractivity contribution in [2.45, 2.75) is 5.82 Å². The van der Waals surface area contributed by atoms with Crippen molar-refractivity contribution in [1.82, 2.24) is 0 Å². The van der Waals surface area contributed by atoms with E-state index < -0.39 is 0 Å². The molecule has 3 nitrogen and oxygen atoms in total. The fourth-order valence-corrected chi connectivity index (χ4v) is 5.37. The number of allylic oxidation sites excluding steroid dienone is 2. The van der Waals surface area contributed by atoms with Gasteiger partial charge in [-0.25, -0.2) is 0 Å². The molecule has 2 heterocycles. The van der Waals surface area contributed by atoms with Crippen LogP contribution in [0.5, 0.6) is 0 Å². The molecule has 0 unspecified atom stereocenters. The number of nitriles is 3. The zero-order valence-corrected chi connectivity index (χ0v) is 12.6. The molecule has 2 aromatic heterocycles. The van der Waals surface area contributed by atoms with Gasteiger partial charge in [0.2, 0.25) is 0 Å². The van der Waals surface area contributed by atoms with Crippen molar-refractivity contribution in [3.8, 4) is 18.2 Å². The molecule has 0 aromatic carbocycles. The van der Waals surface area contributed by atoms with Gasteiger partial charge in [-0.1, -0.05) is 0 Å². The van der Waals surface area contributed by atoms with E-state index in [1.807, 2.05) is 12.1 Å². The van der Waals surface area contributed by atoms with Gasteiger partial charge in [-0.3, -0.25) is 0 Å². The van der Waals surface area contributed by atoms with Crippen molar-refractivity contribution < 1.29 is 0 Å². The Morgan fingerprint density at radius 1 is 1.06 bits per heavy atom. The average molecular weight is 334 g/mol. The first-order chi connectivity index (χ1) is 8.73. The molecule has 0 aliphatic rings. The van der Waals surface area contributed by atoms with Gasteiger partial charge in [0.05, 0.1) is 0 Å². The van der Waals surface area contributed by atoms with Crippen LogP contribution in [0.3, 0.4) is 0 Å². The molecule has 2 aromatic rings. The van der Waals surface area contributed by atoms with Crippen LogP contribution in [0.1, 0.15) is 4.88 Å². The van der Waals surface area contributed by atoms with E-state index in [4.69, 9.17) is 15.8 Å². The molecule has 0 bridgehead atoms. The predicted molar refractivity (Wildman–Crippen MR) is 74.7 cm³/mol. The maximum atomic E-state index is 9.08. The summed E-state index contributed by atoms with van der Waals surface area (Å²) in [4.78, 5) is 0.701. The summed E-state index contributed by atoms with van der Waals surface area (Å²) < 4.78 is 3.60. The molecular formula is C12H5N3S2Se. The Kier molecular flexibility index (Phi) is 3.82. The molecular weight excluding hydrogens is 329 g/mol. The monoisotopic (exact) mass is 335 g/mol. The van der Waals surface area contributed by atoms with Gasteiger partial charge in [0.25, 0.3) is 0 Å². The van der Waals surface area contributed by atoms with E-state index in [-0.39, 0.29) is 11.1 Å². The Morgan fingerprint density at radius 2 is 1.72 bits per heavy atom. The van der Waals surface area contributed by atoms with Gasteiger partial charge in [0, 0.05) is 0 Å². The summed E-state index contributed by atoms with van der Waals surface area (Å²) in [5, 5.41) is 26.7. The van der Waals surface area contributed by atoms with Crippen molar-refractivity contribution >= 4 is 56.4 Å². The van der Waals surface area contributed by atoms with Gasteiger partial charge in [-0.2, -0.15) is 0 Å². The van der Waals surface area contributed by atoms with Crippen LogP contribution in [0.4, 0.5) is 0 Å². The third-order valence-electron chi connectivity index (χ3n) is 2.22. The second kappa shape index (κ2) is 5.36. The molecule has 0 atom stereocenters. The first-order valence-electron chi connectivity index (χ1n) is 4.75. The van der Waals surface area contributed by atoms with Crippen LogP contribution < -0.4 is 3.78 Å². The van der Waals surface area contributed by atoms with Crippen molar-refractivity contribution in [2.75, 3.05) is 0 Å². The predicted octanol–water partition coefficient (Wildman–Crippen LogP) is 2.66. The van der Waals surface area contributed by atoms with Gasteiger partial charge in [0.1, 0.15) is 0 Å². The number of thiophene rings is 2. The third-order valence-corrected chi connectivity index (χ3v) is 6.80. The van der Waals surface area contributed by atoms with Gasteiger partial charge in [0.15, 0.2) is 0 Å². The molecule has 2 rings (SSSR count). The molecule has 0 fully saturated rings. The van der Waals surface area contributed by atoms with Crippen molar-refractivity contribution in [2.24, 2.45) is 0 Å². The van der Waals surface area contributed by atoms with E-state index in [1.165, 1.54) is 15.1 Å². The van der Waals surface area contributed by atoms with Crippen LogP contribution in [0.2, 0.25) is 5.82 Å². The van der Waals surface area contributed by atoms with Crippen LogP contribution in [0, 0.1) is 34.0 Å². The quantitative estimate of drug-likeness (QED) is 0.626. The van der Waals surface area contributed by atoms with Gasteiger partial charge >= 0.3 is 119 Å². The molecule has 6 heteroatoms. The Labute approximate surface area is 118 Å². The second-order valence-electron chi connectivity index (χ2n) is 3.19. The normalized spacial score (nSPS) is 9.44. The van der Waals surface area contributed by atoms with E-state index >= 15 is 0 Å². The standard InChI is InChI=1S/C12H5N3S2Se/c1-18-12-3-11-10(17-12)2-9(16-11)8(6-15)7(4-13)5-14/h2-3H,1H3. The molecule has 0 spiro atoms. The minimum atomic E-state index is -0.119. The Balaban J connectivity index is 2.59. The summed E-state index contributed by atoms with van der Waals surface area (Å²) in [6, 6.07) is 9.51. The van der Waals surface area contributed by atoms with E-state index in [0.29, 0.717) is 19.8 Å². The van der Waals surface area contributed by atoms with E-state index in [0.717, 1.165) is 9.40 Å². The topological polar surface area (TPSA) is 71.4 Å². The number of nitrogens with zero attached hydrogens (tertiary/aromatic N) is 3. The zero-order valence-electron chi connectivity index (χ0n) is 9.22.